The van der Waals surface area contributed by atoms with E-state index >= 15 is 0 Å². The molecule has 0 atom stereocenters. The highest BCUT2D eigenvalue weighted by atomic mass is 35.5. The zero-order valence-corrected chi connectivity index (χ0v) is 16.4. The highest BCUT2D eigenvalue weighted by Crippen LogP contribution is 2.32. The number of hydrogen-bond acceptors (Lipinski definition) is 3. The molecule has 0 saturated carbocycles. The molecule has 0 heterocycles. The molecule has 4 nitrogen and oxygen atoms in total. The molecule has 2 aromatic rings. The zero-order valence-electron chi connectivity index (χ0n) is 13.4. The molecule has 0 unspecified atom stereocenters. The van der Waals surface area contributed by atoms with Crippen LogP contribution in [-0.2, 0) is 6.61 Å². The van der Waals surface area contributed by atoms with Crippen molar-refractivity contribution in [1.29, 1.82) is 0 Å². The molecular weight excluding hydrogens is 401 g/mol. The summed E-state index contributed by atoms with van der Waals surface area (Å²) in [5.41, 5.74) is 4.28. The predicted molar refractivity (Wildman–Crippen MR) is 109 cm³/mol. The van der Waals surface area contributed by atoms with Crippen LogP contribution in [0.25, 0.3) is 0 Å². The summed E-state index contributed by atoms with van der Waals surface area (Å²) < 4.78 is 5.72. The smallest absolute Gasteiger partial charge is 0.186 e. The molecule has 0 spiro atoms. The molecule has 0 aromatic heterocycles. The molecule has 0 radical (unpaired) electrons. The van der Waals surface area contributed by atoms with Gasteiger partial charge in [-0.1, -0.05) is 34.8 Å². The van der Waals surface area contributed by atoms with Crippen LogP contribution in [0.15, 0.2) is 41.5 Å². The second kappa shape index (κ2) is 9.82. The Morgan fingerprint density at radius 1 is 1.12 bits per heavy atom. The number of nitrogens with one attached hydrogen (secondary N) is 2. The fourth-order valence-corrected chi connectivity index (χ4v) is 2.73. The lowest BCUT2D eigenvalue weighted by Crippen LogP contribution is -2.31. The third kappa shape index (κ3) is 6.04. The highest BCUT2D eigenvalue weighted by Gasteiger charge is 2.10. The topological polar surface area (TPSA) is 45.7 Å². The number of rotatable bonds is 6. The Hall–Kier alpha value is -1.53. The maximum Gasteiger partial charge on any atom is 0.186 e. The molecule has 0 bridgehead atoms. The third-order valence-corrected chi connectivity index (χ3v) is 4.55. The monoisotopic (exact) mass is 415 g/mol. The molecule has 2 N–H and O–H groups in total. The van der Waals surface area contributed by atoms with E-state index in [1.807, 2.05) is 31.2 Å². The Kier molecular flexibility index (Phi) is 7.78. The molecule has 0 aliphatic rings. The minimum Gasteiger partial charge on any atom is -0.489 e. The minimum absolute atomic E-state index is 0.226. The van der Waals surface area contributed by atoms with E-state index in [-0.39, 0.29) is 6.61 Å². The van der Waals surface area contributed by atoms with Gasteiger partial charge in [-0.3, -0.25) is 5.43 Å². The average Bonchev–Trinajstić information content (AvgIpc) is 2.60. The minimum atomic E-state index is 0.226. The van der Waals surface area contributed by atoms with Gasteiger partial charge >= 0.3 is 0 Å². The quantitative estimate of drug-likeness (QED) is 0.299. The highest BCUT2D eigenvalue weighted by molar-refractivity contribution is 7.80. The summed E-state index contributed by atoms with van der Waals surface area (Å²) in [6.07, 6.45) is 1.66. The Bertz CT molecular complexity index is 766. The normalized spacial score (nSPS) is 10.7. The fraction of sp³-hybridized carbons (Fsp3) is 0.176. The summed E-state index contributed by atoms with van der Waals surface area (Å²) in [7, 11) is 0. The molecule has 0 saturated heterocycles. The van der Waals surface area contributed by atoms with Gasteiger partial charge in [-0.25, -0.2) is 0 Å². The van der Waals surface area contributed by atoms with Crippen molar-refractivity contribution < 1.29 is 4.74 Å². The van der Waals surface area contributed by atoms with E-state index < -0.39 is 0 Å². The Labute approximate surface area is 167 Å². The molecule has 2 rings (SSSR count). The van der Waals surface area contributed by atoms with Crippen LogP contribution in [0.5, 0.6) is 5.75 Å². The van der Waals surface area contributed by atoms with Crippen molar-refractivity contribution in [3.63, 3.8) is 0 Å². The first-order valence-electron chi connectivity index (χ1n) is 7.43. The van der Waals surface area contributed by atoms with Crippen LogP contribution < -0.4 is 15.5 Å². The van der Waals surface area contributed by atoms with Crippen LogP contribution >= 0.6 is 47.0 Å². The summed E-state index contributed by atoms with van der Waals surface area (Å²) in [6, 6.07) is 10.8. The van der Waals surface area contributed by atoms with Gasteiger partial charge in [0.05, 0.1) is 16.3 Å². The van der Waals surface area contributed by atoms with Crippen molar-refractivity contribution in [3.05, 3.63) is 62.6 Å². The van der Waals surface area contributed by atoms with Gasteiger partial charge in [0, 0.05) is 17.1 Å². The molecule has 0 amide bonds. The average molecular weight is 417 g/mol. The fourth-order valence-electron chi connectivity index (χ4n) is 1.87. The lowest BCUT2D eigenvalue weighted by Gasteiger charge is -2.10. The van der Waals surface area contributed by atoms with E-state index in [2.05, 4.69) is 15.8 Å². The van der Waals surface area contributed by atoms with Crippen molar-refractivity contribution in [2.75, 3.05) is 6.54 Å². The number of hydrazone groups is 1. The summed E-state index contributed by atoms with van der Waals surface area (Å²) in [5.74, 6) is 0.681. The van der Waals surface area contributed by atoms with Crippen molar-refractivity contribution in [1.82, 2.24) is 10.7 Å². The van der Waals surface area contributed by atoms with Crippen LogP contribution in [0, 0.1) is 0 Å². The van der Waals surface area contributed by atoms with Crippen molar-refractivity contribution in [2.45, 2.75) is 13.5 Å². The third-order valence-electron chi connectivity index (χ3n) is 3.12. The van der Waals surface area contributed by atoms with Crippen LogP contribution in [-0.4, -0.2) is 17.9 Å². The van der Waals surface area contributed by atoms with E-state index in [1.54, 1.807) is 18.3 Å². The molecular formula is C17H16Cl3N3OS. The number of thiocarbonyl (C=S) groups is 1. The van der Waals surface area contributed by atoms with Gasteiger partial charge in [0.15, 0.2) is 5.11 Å². The van der Waals surface area contributed by atoms with E-state index in [4.69, 9.17) is 51.8 Å². The lowest BCUT2D eigenvalue weighted by atomic mass is 10.2. The van der Waals surface area contributed by atoms with Crippen LogP contribution in [0.4, 0.5) is 0 Å². The predicted octanol–water partition coefficient (Wildman–Crippen LogP) is 5.04. The Morgan fingerprint density at radius 3 is 2.48 bits per heavy atom. The number of hydrogen-bond donors (Lipinski definition) is 2. The zero-order chi connectivity index (χ0) is 18.2. The van der Waals surface area contributed by atoms with E-state index in [0.29, 0.717) is 31.5 Å². The second-order valence-electron chi connectivity index (χ2n) is 4.91. The van der Waals surface area contributed by atoms with Crippen molar-refractivity contribution >= 4 is 58.3 Å². The van der Waals surface area contributed by atoms with Gasteiger partial charge in [-0.15, -0.1) is 0 Å². The molecule has 0 aliphatic carbocycles. The first kappa shape index (κ1) is 19.8. The van der Waals surface area contributed by atoms with Crippen molar-refractivity contribution in [2.24, 2.45) is 5.10 Å². The second-order valence-corrected chi connectivity index (χ2v) is 6.51. The van der Waals surface area contributed by atoms with Crippen LogP contribution in [0.1, 0.15) is 18.1 Å². The first-order chi connectivity index (χ1) is 12.0. The standard InChI is InChI=1S/C17H16Cl3N3OS/c1-2-21-17(25)23-22-9-11-3-5-12(6-4-11)24-10-13-14(18)7-8-15(19)16(13)20/h3-9H,2,10H2,1H3,(H2,21,23,25)/b22-9+. The van der Waals surface area contributed by atoms with Gasteiger partial charge in [0.25, 0.3) is 0 Å². The number of halogens is 3. The van der Waals surface area contributed by atoms with Gasteiger partial charge in [-0.05, 0) is 61.1 Å². The number of nitrogens with zero attached hydrogens (tertiary/aromatic N) is 1. The summed E-state index contributed by atoms with van der Waals surface area (Å²) in [4.78, 5) is 0. The first-order valence-corrected chi connectivity index (χ1v) is 8.97. The van der Waals surface area contributed by atoms with Gasteiger partial charge in [0.2, 0.25) is 0 Å². The SMILES string of the molecule is CCNC(=S)N/N=C/c1ccc(OCc2c(Cl)ccc(Cl)c2Cl)cc1. The summed E-state index contributed by atoms with van der Waals surface area (Å²) in [5, 5.41) is 8.83. The van der Waals surface area contributed by atoms with Crippen molar-refractivity contribution in [3.8, 4) is 5.75 Å². The Balaban J connectivity index is 1.94. The summed E-state index contributed by atoms with van der Waals surface area (Å²) >= 11 is 23.3. The van der Waals surface area contributed by atoms with Crippen LogP contribution in [0.3, 0.4) is 0 Å². The van der Waals surface area contributed by atoms with E-state index in [9.17, 15) is 0 Å². The van der Waals surface area contributed by atoms with Gasteiger partial charge in [-0.2, -0.15) is 5.10 Å². The number of benzene rings is 2. The molecule has 0 aliphatic heterocycles. The van der Waals surface area contributed by atoms with Gasteiger partial charge in [0.1, 0.15) is 12.4 Å². The van der Waals surface area contributed by atoms with Gasteiger partial charge < -0.3 is 10.1 Å². The van der Waals surface area contributed by atoms with E-state index in [1.165, 1.54) is 0 Å². The molecule has 25 heavy (non-hydrogen) atoms. The number of ether oxygens (including phenoxy) is 1. The van der Waals surface area contributed by atoms with E-state index in [0.717, 1.165) is 12.1 Å². The Morgan fingerprint density at radius 2 is 1.80 bits per heavy atom. The molecule has 0 fully saturated rings. The summed E-state index contributed by atoms with van der Waals surface area (Å²) in [6.45, 7) is 2.93. The maximum absolute atomic E-state index is 6.16. The maximum atomic E-state index is 6.16. The molecule has 132 valence electrons. The van der Waals surface area contributed by atoms with Crippen LogP contribution in [0.2, 0.25) is 15.1 Å². The molecule has 2 aromatic carbocycles. The molecule has 8 heteroatoms. The lowest BCUT2D eigenvalue weighted by molar-refractivity contribution is 0.306. The largest absolute Gasteiger partial charge is 0.489 e.